The first kappa shape index (κ1) is 23.5. The average Bonchev–Trinajstić information content (AvgIpc) is 2.87. The van der Waals surface area contributed by atoms with Crippen molar-refractivity contribution in [3.8, 4) is 11.5 Å². The van der Waals surface area contributed by atoms with Gasteiger partial charge in [-0.3, -0.25) is 14.6 Å². The lowest BCUT2D eigenvalue weighted by Gasteiger charge is -2.10. The fourth-order valence-electron chi connectivity index (χ4n) is 3.12. The van der Waals surface area contributed by atoms with Gasteiger partial charge >= 0.3 is 0 Å². The zero-order valence-corrected chi connectivity index (χ0v) is 18.7. The van der Waals surface area contributed by atoms with Crippen molar-refractivity contribution in [3.05, 3.63) is 107 Å². The molecular weight excluding hydrogens is 416 g/mol. The number of rotatable bonds is 10. The summed E-state index contributed by atoms with van der Waals surface area (Å²) in [6, 6.07) is 16.0. The van der Waals surface area contributed by atoms with E-state index in [4.69, 9.17) is 9.47 Å². The van der Waals surface area contributed by atoms with Crippen molar-refractivity contribution >= 4 is 17.8 Å². The van der Waals surface area contributed by atoms with Crippen LogP contribution in [0.15, 0.2) is 85.2 Å². The minimum Gasteiger partial charge on any atom is -0.493 e. The number of carbonyl (C=O) groups is 2. The molecule has 33 heavy (non-hydrogen) atoms. The molecule has 3 rings (SSSR count). The van der Waals surface area contributed by atoms with E-state index in [1.807, 2.05) is 36.4 Å². The lowest BCUT2D eigenvalue weighted by Crippen LogP contribution is -2.25. The average molecular weight is 443 g/mol. The molecule has 168 valence electrons. The van der Waals surface area contributed by atoms with Crippen molar-refractivity contribution < 1.29 is 19.1 Å². The molecule has 0 aliphatic rings. The molecule has 1 N–H and O–H groups in total. The summed E-state index contributed by atoms with van der Waals surface area (Å²) in [4.78, 5) is 28.7. The highest BCUT2D eigenvalue weighted by atomic mass is 16.5. The molecule has 0 atom stereocenters. The second kappa shape index (κ2) is 12.0. The normalized spacial score (nSPS) is 11.0. The van der Waals surface area contributed by atoms with E-state index in [2.05, 4.69) is 10.3 Å². The number of nitrogens with zero attached hydrogens (tertiary/aromatic N) is 1. The Bertz CT molecular complexity index is 1140. The molecule has 0 bridgehead atoms. The predicted molar refractivity (Wildman–Crippen MR) is 129 cm³/mol. The molecule has 0 aliphatic carbocycles. The zero-order chi connectivity index (χ0) is 23.5. The summed E-state index contributed by atoms with van der Waals surface area (Å²) in [6.07, 6.45) is 11.0. The number of ether oxygens (including phenoxy) is 2. The highest BCUT2D eigenvalue weighted by Crippen LogP contribution is 2.27. The Kier molecular flexibility index (Phi) is 8.54. The summed E-state index contributed by atoms with van der Waals surface area (Å²) in [7, 11) is 3.18. The highest BCUT2D eigenvalue weighted by Gasteiger charge is 2.08. The highest BCUT2D eigenvalue weighted by molar-refractivity contribution is 6.05. The van der Waals surface area contributed by atoms with Gasteiger partial charge in [0.05, 0.1) is 14.2 Å². The van der Waals surface area contributed by atoms with Gasteiger partial charge in [0.15, 0.2) is 17.3 Å². The van der Waals surface area contributed by atoms with Crippen LogP contribution in [0.2, 0.25) is 0 Å². The summed E-state index contributed by atoms with van der Waals surface area (Å²) in [5, 5.41) is 2.90. The van der Waals surface area contributed by atoms with Gasteiger partial charge in [0.25, 0.3) is 5.91 Å². The van der Waals surface area contributed by atoms with E-state index < -0.39 is 0 Å². The second-order valence-electron chi connectivity index (χ2n) is 7.14. The summed E-state index contributed by atoms with van der Waals surface area (Å²) in [5.41, 5.74) is 3.05. The van der Waals surface area contributed by atoms with E-state index in [0.29, 0.717) is 35.6 Å². The van der Waals surface area contributed by atoms with E-state index in [1.54, 1.807) is 63.0 Å². The monoisotopic (exact) mass is 442 g/mol. The number of aromatic nitrogens is 1. The molecule has 2 aromatic carbocycles. The van der Waals surface area contributed by atoms with E-state index in [0.717, 1.165) is 11.1 Å². The van der Waals surface area contributed by atoms with Crippen LogP contribution in [-0.4, -0.2) is 37.4 Å². The number of methoxy groups -OCH3 is 2. The third-order valence-corrected chi connectivity index (χ3v) is 4.93. The van der Waals surface area contributed by atoms with Crippen molar-refractivity contribution in [1.82, 2.24) is 10.3 Å². The predicted octanol–water partition coefficient (Wildman–Crippen LogP) is 4.52. The molecule has 0 saturated heterocycles. The van der Waals surface area contributed by atoms with Crippen LogP contribution >= 0.6 is 0 Å². The van der Waals surface area contributed by atoms with Crippen LogP contribution in [0.1, 0.15) is 31.8 Å². The van der Waals surface area contributed by atoms with Gasteiger partial charge in [0, 0.05) is 30.1 Å². The van der Waals surface area contributed by atoms with Crippen LogP contribution in [0.4, 0.5) is 0 Å². The fourth-order valence-corrected chi connectivity index (χ4v) is 3.12. The maximum atomic E-state index is 12.4. The van der Waals surface area contributed by atoms with Gasteiger partial charge in [-0.1, -0.05) is 36.4 Å². The van der Waals surface area contributed by atoms with E-state index in [1.165, 1.54) is 6.08 Å². The minimum atomic E-state index is -0.190. The third kappa shape index (κ3) is 6.90. The van der Waals surface area contributed by atoms with Gasteiger partial charge in [-0.05, 0) is 60.0 Å². The van der Waals surface area contributed by atoms with Crippen LogP contribution in [0.25, 0.3) is 6.08 Å². The smallest absolute Gasteiger partial charge is 0.251 e. The van der Waals surface area contributed by atoms with Crippen molar-refractivity contribution in [2.24, 2.45) is 0 Å². The van der Waals surface area contributed by atoms with Crippen molar-refractivity contribution in [2.75, 3.05) is 20.8 Å². The molecule has 6 nitrogen and oxygen atoms in total. The van der Waals surface area contributed by atoms with Gasteiger partial charge in [-0.15, -0.1) is 0 Å². The molecule has 0 fully saturated rings. The summed E-state index contributed by atoms with van der Waals surface area (Å²) in [5.74, 6) is 1.00. The SMILES string of the molecule is COc1ccc(CCNC(=O)c2ccc(C(=O)/C=C/C=C/c3ccncc3)cc2)cc1OC. The Labute approximate surface area is 193 Å². The molecule has 0 unspecified atom stereocenters. The lowest BCUT2D eigenvalue weighted by atomic mass is 10.1. The number of hydrogen-bond acceptors (Lipinski definition) is 5. The van der Waals surface area contributed by atoms with E-state index in [-0.39, 0.29) is 11.7 Å². The number of amides is 1. The Morgan fingerprint density at radius 2 is 1.58 bits per heavy atom. The largest absolute Gasteiger partial charge is 0.493 e. The number of nitrogens with one attached hydrogen (secondary N) is 1. The van der Waals surface area contributed by atoms with Crippen LogP contribution in [0, 0.1) is 0 Å². The molecule has 0 aliphatic heterocycles. The number of benzene rings is 2. The molecule has 1 heterocycles. The molecule has 3 aromatic rings. The molecule has 6 heteroatoms. The Balaban J connectivity index is 1.49. The van der Waals surface area contributed by atoms with Crippen LogP contribution < -0.4 is 14.8 Å². The topological polar surface area (TPSA) is 77.5 Å². The summed E-state index contributed by atoms with van der Waals surface area (Å²) < 4.78 is 10.5. The lowest BCUT2D eigenvalue weighted by molar-refractivity contribution is 0.0952. The Morgan fingerprint density at radius 1 is 0.879 bits per heavy atom. The minimum absolute atomic E-state index is 0.130. The van der Waals surface area contributed by atoms with Crippen LogP contribution in [0.3, 0.4) is 0 Å². The quantitative estimate of drug-likeness (QED) is 0.284. The Hall–Kier alpha value is -4.19. The number of ketones is 1. The number of carbonyl (C=O) groups excluding carboxylic acids is 2. The fraction of sp³-hybridized carbons (Fsp3) is 0.148. The van der Waals surface area contributed by atoms with Gasteiger partial charge in [-0.25, -0.2) is 0 Å². The van der Waals surface area contributed by atoms with Gasteiger partial charge in [0.2, 0.25) is 0 Å². The molecule has 0 saturated carbocycles. The summed E-state index contributed by atoms with van der Waals surface area (Å²) >= 11 is 0. The van der Waals surface area contributed by atoms with Crippen molar-refractivity contribution in [3.63, 3.8) is 0 Å². The number of pyridine rings is 1. The first-order valence-corrected chi connectivity index (χ1v) is 10.5. The van der Waals surface area contributed by atoms with Gasteiger partial charge in [0.1, 0.15) is 0 Å². The molecule has 0 radical (unpaired) electrons. The Morgan fingerprint density at radius 3 is 2.27 bits per heavy atom. The molecule has 1 amide bonds. The van der Waals surface area contributed by atoms with Crippen LogP contribution in [-0.2, 0) is 6.42 Å². The summed E-state index contributed by atoms with van der Waals surface area (Å²) in [6.45, 7) is 0.474. The van der Waals surface area contributed by atoms with Crippen LogP contribution in [0.5, 0.6) is 11.5 Å². The second-order valence-corrected chi connectivity index (χ2v) is 7.14. The molecule has 0 spiro atoms. The first-order valence-electron chi connectivity index (χ1n) is 10.5. The first-order chi connectivity index (χ1) is 16.1. The van der Waals surface area contributed by atoms with E-state index >= 15 is 0 Å². The van der Waals surface area contributed by atoms with Crippen molar-refractivity contribution in [2.45, 2.75) is 6.42 Å². The molecule has 1 aromatic heterocycles. The van der Waals surface area contributed by atoms with Crippen molar-refractivity contribution in [1.29, 1.82) is 0 Å². The van der Waals surface area contributed by atoms with E-state index in [9.17, 15) is 9.59 Å². The number of hydrogen-bond donors (Lipinski definition) is 1. The maximum absolute atomic E-state index is 12.4. The van der Waals surface area contributed by atoms with Gasteiger partial charge in [-0.2, -0.15) is 0 Å². The maximum Gasteiger partial charge on any atom is 0.251 e. The third-order valence-electron chi connectivity index (χ3n) is 4.93. The number of allylic oxidation sites excluding steroid dienone is 3. The zero-order valence-electron chi connectivity index (χ0n) is 18.7. The van der Waals surface area contributed by atoms with Gasteiger partial charge < -0.3 is 14.8 Å². The standard InChI is InChI=1S/C27H26N2O4/c1-32-25-12-7-21(19-26(25)33-2)15-18-29-27(31)23-10-8-22(9-11-23)24(30)6-4-3-5-20-13-16-28-17-14-20/h3-14,16-17,19H,15,18H2,1-2H3,(H,29,31)/b5-3+,6-4+. The molecular formula is C27H26N2O4.